The summed E-state index contributed by atoms with van der Waals surface area (Å²) in [4.78, 5) is 11.9. The number of amides is 1. The van der Waals surface area contributed by atoms with E-state index >= 15 is 0 Å². The Kier molecular flexibility index (Phi) is 3.64. The normalized spacial score (nSPS) is 12.4. The van der Waals surface area contributed by atoms with Gasteiger partial charge in [0.1, 0.15) is 6.54 Å². The van der Waals surface area contributed by atoms with Gasteiger partial charge < -0.3 is 5.32 Å². The lowest BCUT2D eigenvalue weighted by atomic mass is 10.1. The smallest absolute Gasteiger partial charge is 0.242 e. The van der Waals surface area contributed by atoms with Gasteiger partial charge in [-0.3, -0.25) is 9.48 Å². The van der Waals surface area contributed by atoms with E-state index in [4.69, 9.17) is 0 Å². The summed E-state index contributed by atoms with van der Waals surface area (Å²) in [5.74, 6) is -0.0966. The highest BCUT2D eigenvalue weighted by atomic mass is 16.2. The van der Waals surface area contributed by atoms with Crippen LogP contribution in [0.15, 0.2) is 12.4 Å². The summed E-state index contributed by atoms with van der Waals surface area (Å²) >= 11 is 0. The molecule has 0 aliphatic heterocycles. The predicted octanol–water partition coefficient (Wildman–Crippen LogP) is 0.506. The van der Waals surface area contributed by atoms with E-state index in [0.717, 1.165) is 17.0 Å². The van der Waals surface area contributed by atoms with Gasteiger partial charge >= 0.3 is 0 Å². The third kappa shape index (κ3) is 2.81. The quantitative estimate of drug-likeness (QED) is 0.870. The molecule has 2 aromatic rings. The summed E-state index contributed by atoms with van der Waals surface area (Å²) in [7, 11) is 1.90. The first-order valence-corrected chi connectivity index (χ1v) is 6.12. The van der Waals surface area contributed by atoms with Crippen LogP contribution < -0.4 is 5.32 Å². The van der Waals surface area contributed by atoms with Crippen LogP contribution in [0.4, 0.5) is 0 Å². The minimum Gasteiger partial charge on any atom is -0.348 e. The molecule has 1 N–H and O–H groups in total. The molecule has 0 radical (unpaired) electrons. The van der Waals surface area contributed by atoms with Crippen LogP contribution in [0.3, 0.4) is 0 Å². The lowest BCUT2D eigenvalue weighted by Gasteiger charge is -2.14. The first kappa shape index (κ1) is 13.3. The Labute approximate surface area is 111 Å². The average Bonchev–Trinajstić information content (AvgIpc) is 2.88. The lowest BCUT2D eigenvalue weighted by molar-refractivity contribution is -0.122. The minimum absolute atomic E-state index is 0.0790. The fourth-order valence-corrected chi connectivity index (χ4v) is 2.24. The fourth-order valence-electron chi connectivity index (χ4n) is 2.24. The molecule has 0 aromatic carbocycles. The number of carbonyl (C=O) groups excluding carboxylic acids is 1. The second-order valence-electron chi connectivity index (χ2n) is 4.60. The van der Waals surface area contributed by atoms with Gasteiger partial charge in [-0.05, 0) is 20.8 Å². The van der Waals surface area contributed by atoms with Gasteiger partial charge in [-0.15, -0.1) is 5.10 Å². The van der Waals surface area contributed by atoms with Crippen molar-refractivity contribution in [2.45, 2.75) is 33.4 Å². The standard InChI is InChI=1S/C12H18N6O/c1-8(12-9(2)15-17(4)10(12)3)14-11(19)7-18-6-5-13-16-18/h5-6,8H,7H2,1-4H3,(H,14,19)/t8-/m1/s1. The van der Waals surface area contributed by atoms with Crippen molar-refractivity contribution >= 4 is 5.91 Å². The Hall–Kier alpha value is -2.18. The molecule has 0 saturated heterocycles. The highest BCUT2D eigenvalue weighted by molar-refractivity contribution is 5.76. The van der Waals surface area contributed by atoms with Crippen molar-refractivity contribution in [1.82, 2.24) is 30.1 Å². The van der Waals surface area contributed by atoms with Crippen LogP contribution in [0.5, 0.6) is 0 Å². The molecule has 7 nitrogen and oxygen atoms in total. The highest BCUT2D eigenvalue weighted by Gasteiger charge is 2.18. The van der Waals surface area contributed by atoms with Crippen molar-refractivity contribution in [3.05, 3.63) is 29.3 Å². The van der Waals surface area contributed by atoms with Crippen molar-refractivity contribution in [1.29, 1.82) is 0 Å². The number of aromatic nitrogens is 5. The number of carbonyl (C=O) groups is 1. The summed E-state index contributed by atoms with van der Waals surface area (Å²) in [5, 5.41) is 14.7. The molecule has 0 bridgehead atoms. The highest BCUT2D eigenvalue weighted by Crippen LogP contribution is 2.20. The number of nitrogens with one attached hydrogen (secondary N) is 1. The zero-order valence-electron chi connectivity index (χ0n) is 11.6. The Balaban J connectivity index is 2.04. The summed E-state index contributed by atoms with van der Waals surface area (Å²) in [6.07, 6.45) is 3.21. The lowest BCUT2D eigenvalue weighted by Crippen LogP contribution is -2.30. The summed E-state index contributed by atoms with van der Waals surface area (Å²) < 4.78 is 3.32. The van der Waals surface area contributed by atoms with Gasteiger partial charge in [0.15, 0.2) is 0 Å². The van der Waals surface area contributed by atoms with E-state index in [-0.39, 0.29) is 18.5 Å². The number of hydrogen-bond acceptors (Lipinski definition) is 4. The number of nitrogens with zero attached hydrogens (tertiary/aromatic N) is 5. The number of rotatable bonds is 4. The van der Waals surface area contributed by atoms with Gasteiger partial charge in [0.25, 0.3) is 0 Å². The maximum Gasteiger partial charge on any atom is 0.242 e. The second kappa shape index (κ2) is 5.21. The van der Waals surface area contributed by atoms with Crippen molar-refractivity contribution in [2.75, 3.05) is 0 Å². The third-order valence-electron chi connectivity index (χ3n) is 3.15. The second-order valence-corrected chi connectivity index (χ2v) is 4.60. The van der Waals surface area contributed by atoms with Crippen molar-refractivity contribution < 1.29 is 4.79 Å². The monoisotopic (exact) mass is 262 g/mol. The summed E-state index contributed by atoms with van der Waals surface area (Å²) in [6.45, 7) is 6.07. The molecule has 1 amide bonds. The van der Waals surface area contributed by atoms with Crippen LogP contribution in [-0.2, 0) is 18.4 Å². The predicted molar refractivity (Wildman–Crippen MR) is 69.3 cm³/mol. The molecule has 1 atom stereocenters. The molecule has 0 unspecified atom stereocenters. The van der Waals surface area contributed by atoms with Crippen LogP contribution in [0.2, 0.25) is 0 Å². The zero-order valence-corrected chi connectivity index (χ0v) is 11.6. The van der Waals surface area contributed by atoms with E-state index in [2.05, 4.69) is 20.7 Å². The van der Waals surface area contributed by atoms with Gasteiger partial charge in [0, 0.05) is 24.5 Å². The molecule has 0 saturated carbocycles. The first-order chi connectivity index (χ1) is 8.99. The van der Waals surface area contributed by atoms with E-state index < -0.39 is 0 Å². The van der Waals surface area contributed by atoms with E-state index in [1.807, 2.05) is 32.5 Å². The van der Waals surface area contributed by atoms with Gasteiger partial charge in [-0.2, -0.15) is 5.10 Å². The third-order valence-corrected chi connectivity index (χ3v) is 3.15. The Morgan fingerprint density at radius 1 is 1.47 bits per heavy atom. The molecule has 2 heterocycles. The Bertz CT molecular complexity index is 571. The molecule has 7 heteroatoms. The molecule has 19 heavy (non-hydrogen) atoms. The van der Waals surface area contributed by atoms with Crippen molar-refractivity contribution in [3.8, 4) is 0 Å². The number of aryl methyl sites for hydroxylation is 2. The van der Waals surface area contributed by atoms with Gasteiger partial charge in [-0.1, -0.05) is 5.21 Å². The number of hydrogen-bond donors (Lipinski definition) is 1. The SMILES string of the molecule is Cc1nn(C)c(C)c1[C@@H](C)NC(=O)Cn1ccnn1. The van der Waals surface area contributed by atoms with Gasteiger partial charge in [0.2, 0.25) is 5.91 Å². The Morgan fingerprint density at radius 3 is 2.74 bits per heavy atom. The van der Waals surface area contributed by atoms with Crippen LogP contribution in [0, 0.1) is 13.8 Å². The molecule has 102 valence electrons. The van der Waals surface area contributed by atoms with Gasteiger partial charge in [0.05, 0.1) is 17.9 Å². The fraction of sp³-hybridized carbons (Fsp3) is 0.500. The molecule has 0 spiro atoms. The van der Waals surface area contributed by atoms with Crippen LogP contribution in [-0.4, -0.2) is 30.7 Å². The molecular formula is C12H18N6O. The van der Waals surface area contributed by atoms with Crippen molar-refractivity contribution in [3.63, 3.8) is 0 Å². The van der Waals surface area contributed by atoms with E-state index in [1.165, 1.54) is 4.68 Å². The van der Waals surface area contributed by atoms with E-state index in [9.17, 15) is 4.79 Å². The first-order valence-electron chi connectivity index (χ1n) is 6.12. The maximum absolute atomic E-state index is 11.9. The van der Waals surface area contributed by atoms with Crippen LogP contribution >= 0.6 is 0 Å². The van der Waals surface area contributed by atoms with E-state index in [1.54, 1.807) is 12.4 Å². The molecule has 0 fully saturated rings. The van der Waals surface area contributed by atoms with Crippen LogP contribution in [0.1, 0.15) is 29.9 Å². The minimum atomic E-state index is -0.0966. The largest absolute Gasteiger partial charge is 0.348 e. The topological polar surface area (TPSA) is 77.6 Å². The average molecular weight is 262 g/mol. The molecule has 0 aliphatic rings. The van der Waals surface area contributed by atoms with E-state index in [0.29, 0.717) is 0 Å². The Morgan fingerprint density at radius 2 is 2.21 bits per heavy atom. The maximum atomic E-state index is 11.9. The molecular weight excluding hydrogens is 244 g/mol. The molecule has 2 aromatic heterocycles. The summed E-state index contributed by atoms with van der Waals surface area (Å²) in [6, 6.07) is -0.0790. The zero-order chi connectivity index (χ0) is 14.0. The van der Waals surface area contributed by atoms with Crippen molar-refractivity contribution in [2.24, 2.45) is 7.05 Å². The van der Waals surface area contributed by atoms with Crippen LogP contribution in [0.25, 0.3) is 0 Å². The molecule has 0 aliphatic carbocycles. The summed E-state index contributed by atoms with van der Waals surface area (Å²) in [5.41, 5.74) is 3.06. The molecule has 2 rings (SSSR count). The van der Waals surface area contributed by atoms with Gasteiger partial charge in [-0.25, -0.2) is 4.68 Å².